The quantitative estimate of drug-likeness (QED) is 0.188. The van der Waals surface area contributed by atoms with Crippen LogP contribution in [0.25, 0.3) is 11.3 Å². The Balaban J connectivity index is 1.74. The van der Waals surface area contributed by atoms with Gasteiger partial charge in [-0.3, -0.25) is 4.57 Å². The fraction of sp³-hybridized carbons (Fsp3) is 0.304. The van der Waals surface area contributed by atoms with E-state index in [4.69, 9.17) is 34.0 Å². The molecule has 1 aromatic carbocycles. The number of thioether (sulfide) groups is 1. The summed E-state index contributed by atoms with van der Waals surface area (Å²) in [5.41, 5.74) is 3.97. The minimum atomic E-state index is 0.499. The van der Waals surface area contributed by atoms with E-state index in [1.807, 2.05) is 18.2 Å². The van der Waals surface area contributed by atoms with Gasteiger partial charge in [-0.25, -0.2) is 4.98 Å². The zero-order valence-electron chi connectivity index (χ0n) is 17.1. The fourth-order valence-electron chi connectivity index (χ4n) is 3.67. The summed E-state index contributed by atoms with van der Waals surface area (Å²) in [6, 6.07) is 8.20. The van der Waals surface area contributed by atoms with Crippen molar-refractivity contribution in [2.45, 2.75) is 38.4 Å². The number of rotatable bonds is 5. The highest BCUT2D eigenvalue weighted by atomic mass is 79.9. The van der Waals surface area contributed by atoms with Crippen LogP contribution < -0.4 is 5.84 Å². The molecule has 0 aliphatic heterocycles. The van der Waals surface area contributed by atoms with Crippen LogP contribution in [0.15, 0.2) is 62.1 Å². The minimum absolute atomic E-state index is 0.499. The van der Waals surface area contributed by atoms with E-state index in [1.54, 1.807) is 17.8 Å². The maximum atomic E-state index is 6.65. The number of halogens is 3. The average Bonchev–Trinajstić information content (AvgIpc) is 2.92. The van der Waals surface area contributed by atoms with E-state index in [1.165, 1.54) is 19.3 Å². The molecule has 4 rings (SSSR count). The highest BCUT2D eigenvalue weighted by Gasteiger charge is 2.26. The molecule has 31 heavy (non-hydrogen) atoms. The summed E-state index contributed by atoms with van der Waals surface area (Å²) < 4.78 is 3.19. The second-order valence-electron chi connectivity index (χ2n) is 7.60. The number of aromatic nitrogens is 2. The van der Waals surface area contributed by atoms with Crippen LogP contribution in [-0.4, -0.2) is 14.6 Å². The number of nitrogens with zero attached hydrogens (tertiary/aromatic N) is 3. The van der Waals surface area contributed by atoms with Gasteiger partial charge in [0.15, 0.2) is 0 Å². The SMILES string of the molecule is Cc1c(CS/C(=N\N)C2CCC2)nc(C2=CCC=C(Cl)C=C2Cl)n1-c1ccc(Br)cc1. The van der Waals surface area contributed by atoms with Crippen molar-refractivity contribution in [2.75, 3.05) is 0 Å². The van der Waals surface area contributed by atoms with E-state index in [-0.39, 0.29) is 0 Å². The second kappa shape index (κ2) is 9.99. The predicted octanol–water partition coefficient (Wildman–Crippen LogP) is 7.28. The van der Waals surface area contributed by atoms with Crippen molar-refractivity contribution < 1.29 is 0 Å². The molecular formula is C23H23BrCl2N4S. The fourth-order valence-corrected chi connectivity index (χ4v) is 5.57. The first-order valence-electron chi connectivity index (χ1n) is 10.2. The molecule has 1 saturated carbocycles. The zero-order chi connectivity index (χ0) is 22.0. The lowest BCUT2D eigenvalue weighted by Crippen LogP contribution is -2.20. The third kappa shape index (κ3) is 4.98. The average molecular weight is 538 g/mol. The van der Waals surface area contributed by atoms with Crippen LogP contribution in [0, 0.1) is 12.8 Å². The Hall–Kier alpha value is -1.47. The molecule has 2 aromatic rings. The summed E-state index contributed by atoms with van der Waals surface area (Å²) in [4.78, 5) is 5.03. The van der Waals surface area contributed by atoms with Gasteiger partial charge in [0.25, 0.3) is 0 Å². The third-order valence-corrected chi connectivity index (χ3v) is 7.88. The molecule has 8 heteroatoms. The van der Waals surface area contributed by atoms with Gasteiger partial charge in [-0.1, -0.05) is 57.7 Å². The maximum Gasteiger partial charge on any atom is 0.146 e. The maximum absolute atomic E-state index is 6.65. The Morgan fingerprint density at radius 1 is 1.26 bits per heavy atom. The van der Waals surface area contributed by atoms with Crippen molar-refractivity contribution in [2.24, 2.45) is 16.9 Å². The number of nitrogens with two attached hydrogens (primary N) is 1. The number of hydrogen-bond acceptors (Lipinski definition) is 4. The van der Waals surface area contributed by atoms with Crippen molar-refractivity contribution in [1.82, 2.24) is 9.55 Å². The van der Waals surface area contributed by atoms with Crippen LogP contribution in [0.4, 0.5) is 0 Å². The smallest absolute Gasteiger partial charge is 0.146 e. The first-order chi connectivity index (χ1) is 15.0. The van der Waals surface area contributed by atoms with E-state index in [0.717, 1.165) is 38.0 Å². The van der Waals surface area contributed by atoms with E-state index >= 15 is 0 Å². The first-order valence-corrected chi connectivity index (χ1v) is 12.7. The van der Waals surface area contributed by atoms with Crippen molar-refractivity contribution >= 4 is 61.5 Å². The molecule has 0 bridgehead atoms. The molecule has 1 fully saturated rings. The van der Waals surface area contributed by atoms with Gasteiger partial charge in [0.1, 0.15) is 5.82 Å². The van der Waals surface area contributed by atoms with Gasteiger partial charge in [-0.2, -0.15) is 5.10 Å². The third-order valence-electron chi connectivity index (χ3n) is 5.63. The largest absolute Gasteiger partial charge is 0.323 e. The lowest BCUT2D eigenvalue weighted by Gasteiger charge is -2.25. The van der Waals surface area contributed by atoms with Crippen molar-refractivity contribution in [3.63, 3.8) is 0 Å². The van der Waals surface area contributed by atoms with Gasteiger partial charge in [-0.15, -0.1) is 11.8 Å². The Morgan fingerprint density at radius 3 is 2.65 bits per heavy atom. The molecular weight excluding hydrogens is 515 g/mol. The first kappa shape index (κ1) is 22.7. The standard InChI is InChI=1S/C23H23BrCl2N4S/c1-14-21(13-31-23(29-27)15-4-2-5-15)28-22(19-7-3-6-17(25)12-20(19)26)30(14)18-10-8-16(24)9-11-18/h6-12,15H,2-5,13,27H2,1H3/b29-23-. The van der Waals surface area contributed by atoms with Crippen LogP contribution in [-0.2, 0) is 5.75 Å². The van der Waals surface area contributed by atoms with Crippen molar-refractivity contribution in [3.8, 4) is 5.69 Å². The van der Waals surface area contributed by atoms with Gasteiger partial charge < -0.3 is 5.84 Å². The van der Waals surface area contributed by atoms with Gasteiger partial charge >= 0.3 is 0 Å². The van der Waals surface area contributed by atoms with Crippen LogP contribution in [0.1, 0.15) is 42.9 Å². The number of hydrazone groups is 1. The van der Waals surface area contributed by atoms with E-state index in [9.17, 15) is 0 Å². The summed E-state index contributed by atoms with van der Waals surface area (Å²) in [7, 11) is 0. The highest BCUT2D eigenvalue weighted by molar-refractivity contribution is 9.10. The topological polar surface area (TPSA) is 56.2 Å². The zero-order valence-corrected chi connectivity index (χ0v) is 21.0. The lowest BCUT2D eigenvalue weighted by molar-refractivity contribution is 0.417. The monoisotopic (exact) mass is 536 g/mol. The van der Waals surface area contributed by atoms with Gasteiger partial charge in [-0.05, 0) is 56.5 Å². The molecule has 2 aliphatic carbocycles. The molecule has 0 spiro atoms. The number of allylic oxidation sites excluding steroid dienone is 6. The Bertz CT molecular complexity index is 1100. The van der Waals surface area contributed by atoms with E-state index in [0.29, 0.717) is 28.2 Å². The Morgan fingerprint density at radius 2 is 2.00 bits per heavy atom. The summed E-state index contributed by atoms with van der Waals surface area (Å²) >= 11 is 18.1. The Labute approximate surface area is 205 Å². The molecule has 0 atom stereocenters. The molecule has 162 valence electrons. The molecule has 1 aromatic heterocycles. The molecule has 0 radical (unpaired) electrons. The lowest BCUT2D eigenvalue weighted by atomic mass is 9.86. The molecule has 4 nitrogen and oxygen atoms in total. The number of imidazole rings is 1. The van der Waals surface area contributed by atoms with Gasteiger partial charge in [0.2, 0.25) is 0 Å². The summed E-state index contributed by atoms with van der Waals surface area (Å²) in [6.07, 6.45) is 10.1. The molecule has 1 heterocycles. The van der Waals surface area contributed by atoms with E-state index < -0.39 is 0 Å². The summed E-state index contributed by atoms with van der Waals surface area (Å²) in [5, 5.41) is 6.29. The van der Waals surface area contributed by atoms with E-state index in [2.05, 4.69) is 50.7 Å². The second-order valence-corrected chi connectivity index (χ2v) is 10.4. The number of hydrogen-bond donors (Lipinski definition) is 1. The summed E-state index contributed by atoms with van der Waals surface area (Å²) in [5.74, 6) is 7.70. The minimum Gasteiger partial charge on any atom is -0.323 e. The van der Waals surface area contributed by atoms with Crippen LogP contribution in [0.5, 0.6) is 0 Å². The highest BCUT2D eigenvalue weighted by Crippen LogP contribution is 2.36. The van der Waals surface area contributed by atoms with Crippen molar-refractivity contribution in [3.05, 3.63) is 74.2 Å². The molecule has 2 N–H and O–H groups in total. The Kier molecular flexibility index (Phi) is 7.32. The van der Waals surface area contributed by atoms with Gasteiger partial charge in [0.05, 0.1) is 15.8 Å². The normalized spacial score (nSPS) is 17.5. The summed E-state index contributed by atoms with van der Waals surface area (Å²) in [6.45, 7) is 2.09. The van der Waals surface area contributed by atoms with Crippen LogP contribution in [0.3, 0.4) is 0 Å². The van der Waals surface area contributed by atoms with Crippen molar-refractivity contribution in [1.29, 1.82) is 0 Å². The predicted molar refractivity (Wildman–Crippen MR) is 137 cm³/mol. The molecule has 2 aliphatic rings. The molecule has 0 amide bonds. The number of benzene rings is 1. The molecule has 0 saturated heterocycles. The molecule has 0 unspecified atom stereocenters. The van der Waals surface area contributed by atoms with Crippen LogP contribution in [0.2, 0.25) is 0 Å². The van der Waals surface area contributed by atoms with Crippen LogP contribution >= 0.6 is 50.9 Å². The van der Waals surface area contributed by atoms with Gasteiger partial charge in [0, 0.05) is 38.1 Å².